The first-order valence-electron chi connectivity index (χ1n) is 12.0. The molecular weight excluding hydrogens is 448 g/mol. The predicted molar refractivity (Wildman–Crippen MR) is 131 cm³/mol. The summed E-state index contributed by atoms with van der Waals surface area (Å²) in [5.74, 6) is 1.51. The highest BCUT2D eigenvalue weighted by Gasteiger charge is 2.23. The van der Waals surface area contributed by atoms with E-state index in [2.05, 4.69) is 20.3 Å². The van der Waals surface area contributed by atoms with Crippen LogP contribution in [-0.4, -0.2) is 40.7 Å². The van der Waals surface area contributed by atoms with Crippen molar-refractivity contribution < 1.29 is 14.3 Å². The molecule has 1 saturated carbocycles. The molecule has 2 aromatic heterocycles. The maximum atomic E-state index is 13.2. The van der Waals surface area contributed by atoms with E-state index in [-0.39, 0.29) is 11.9 Å². The third-order valence-electron chi connectivity index (χ3n) is 6.55. The Morgan fingerprint density at radius 1 is 1.18 bits per heavy atom. The fourth-order valence-corrected chi connectivity index (χ4v) is 5.22. The van der Waals surface area contributed by atoms with Gasteiger partial charge in [-0.2, -0.15) is 0 Å². The number of thiazole rings is 1. The number of rotatable bonds is 8. The Balaban J connectivity index is 1.38. The van der Waals surface area contributed by atoms with Crippen molar-refractivity contribution in [1.29, 1.82) is 0 Å². The number of benzene rings is 1. The molecular formula is C26H30N4O3S. The van der Waals surface area contributed by atoms with Gasteiger partial charge in [0, 0.05) is 40.9 Å². The quantitative estimate of drug-likeness (QED) is 0.486. The number of carbonyl (C=O) groups is 1. The van der Waals surface area contributed by atoms with Crippen LogP contribution in [0.2, 0.25) is 0 Å². The number of nitrogens with zero attached hydrogens (tertiary/aromatic N) is 3. The van der Waals surface area contributed by atoms with Crippen LogP contribution in [0.3, 0.4) is 0 Å². The van der Waals surface area contributed by atoms with Crippen molar-refractivity contribution in [2.75, 3.05) is 19.8 Å². The number of amides is 1. The number of hydrogen-bond donors (Lipinski definition) is 1. The van der Waals surface area contributed by atoms with Crippen LogP contribution in [0.1, 0.15) is 71.2 Å². The molecule has 178 valence electrons. The van der Waals surface area contributed by atoms with E-state index in [1.165, 1.54) is 24.1 Å². The lowest BCUT2D eigenvalue weighted by molar-refractivity contribution is 0.0938. The number of aromatic nitrogens is 3. The van der Waals surface area contributed by atoms with E-state index in [9.17, 15) is 4.79 Å². The van der Waals surface area contributed by atoms with Gasteiger partial charge in [0.2, 0.25) is 0 Å². The van der Waals surface area contributed by atoms with E-state index in [1.807, 2.05) is 38.2 Å². The zero-order valence-corrected chi connectivity index (χ0v) is 20.4. The Hall–Kier alpha value is -2.84. The molecule has 0 spiro atoms. The minimum atomic E-state index is -0.269. The summed E-state index contributed by atoms with van der Waals surface area (Å²) in [7, 11) is 0. The molecule has 1 N–H and O–H groups in total. The highest BCUT2D eigenvalue weighted by molar-refractivity contribution is 7.15. The molecule has 2 aliphatic rings. The molecule has 3 heterocycles. The zero-order chi connectivity index (χ0) is 23.5. The van der Waals surface area contributed by atoms with Gasteiger partial charge in [-0.1, -0.05) is 6.42 Å². The Labute approximate surface area is 204 Å². The van der Waals surface area contributed by atoms with E-state index in [4.69, 9.17) is 9.47 Å². The van der Waals surface area contributed by atoms with Gasteiger partial charge in [0.1, 0.15) is 10.8 Å². The molecule has 0 bridgehead atoms. The standard InChI is InChI=1S/C26H30N4O3S/c1-16-11-28-23(12-27-16)17(2)30-25(31)20-8-21(26-29-13-24(34-26)19-4-3-5-19)10-22(9-20)33-15-18-6-7-32-14-18/h8-13,17-19H,3-7,14-15H2,1-2H3,(H,30,31)/t17-,18?/m1/s1. The van der Waals surface area contributed by atoms with Crippen molar-refractivity contribution in [3.8, 4) is 16.3 Å². The minimum Gasteiger partial charge on any atom is -0.493 e. The molecule has 8 heteroatoms. The van der Waals surface area contributed by atoms with Gasteiger partial charge in [-0.3, -0.25) is 14.8 Å². The second-order valence-electron chi connectivity index (χ2n) is 9.26. The summed E-state index contributed by atoms with van der Waals surface area (Å²) in [5.41, 5.74) is 3.01. The number of aryl methyl sites for hydroxylation is 1. The first-order valence-corrected chi connectivity index (χ1v) is 12.8. The van der Waals surface area contributed by atoms with Crippen molar-refractivity contribution in [1.82, 2.24) is 20.3 Å². The summed E-state index contributed by atoms with van der Waals surface area (Å²) < 4.78 is 11.6. The molecule has 2 fully saturated rings. The molecule has 1 amide bonds. The molecule has 2 atom stereocenters. The molecule has 7 nitrogen and oxygen atoms in total. The lowest BCUT2D eigenvalue weighted by Gasteiger charge is -2.23. The van der Waals surface area contributed by atoms with E-state index in [0.29, 0.717) is 29.8 Å². The van der Waals surface area contributed by atoms with Gasteiger partial charge in [0.05, 0.1) is 36.8 Å². The Kier molecular flexibility index (Phi) is 6.87. The van der Waals surface area contributed by atoms with Crippen LogP contribution in [0.4, 0.5) is 0 Å². The minimum absolute atomic E-state index is 0.179. The van der Waals surface area contributed by atoms with Gasteiger partial charge < -0.3 is 14.8 Å². The Bertz CT molecular complexity index is 1140. The lowest BCUT2D eigenvalue weighted by Crippen LogP contribution is -2.27. The van der Waals surface area contributed by atoms with Crippen LogP contribution in [-0.2, 0) is 4.74 Å². The molecule has 1 aliphatic heterocycles. The highest BCUT2D eigenvalue weighted by Crippen LogP contribution is 2.41. The monoisotopic (exact) mass is 478 g/mol. The highest BCUT2D eigenvalue weighted by atomic mass is 32.1. The molecule has 0 radical (unpaired) electrons. The van der Waals surface area contributed by atoms with E-state index in [0.717, 1.165) is 41.6 Å². The van der Waals surface area contributed by atoms with Crippen LogP contribution >= 0.6 is 11.3 Å². The third-order valence-corrected chi connectivity index (χ3v) is 7.76. The molecule has 1 aromatic carbocycles. The first kappa shape index (κ1) is 22.9. The van der Waals surface area contributed by atoms with Gasteiger partial charge in [-0.05, 0) is 57.2 Å². The SMILES string of the molecule is Cc1cnc([C@@H](C)NC(=O)c2cc(OCC3CCOC3)cc(-c3ncc(C4CCC4)s3)c2)cn1. The second-order valence-corrected chi connectivity index (χ2v) is 10.3. The van der Waals surface area contributed by atoms with Crippen LogP contribution in [0.25, 0.3) is 10.6 Å². The van der Waals surface area contributed by atoms with Gasteiger partial charge in [0.25, 0.3) is 5.91 Å². The molecule has 1 unspecified atom stereocenters. The molecule has 5 rings (SSSR count). The molecule has 1 saturated heterocycles. The van der Waals surface area contributed by atoms with Crippen LogP contribution < -0.4 is 10.1 Å². The maximum Gasteiger partial charge on any atom is 0.251 e. The van der Waals surface area contributed by atoms with Crippen LogP contribution in [0, 0.1) is 12.8 Å². The second kappa shape index (κ2) is 10.2. The van der Waals surface area contributed by atoms with Gasteiger partial charge in [-0.25, -0.2) is 4.98 Å². The average Bonchev–Trinajstić information content (AvgIpc) is 3.49. The van der Waals surface area contributed by atoms with Crippen LogP contribution in [0.5, 0.6) is 5.75 Å². The predicted octanol–water partition coefficient (Wildman–Crippen LogP) is 5.08. The van der Waals surface area contributed by atoms with Crippen molar-refractivity contribution >= 4 is 17.2 Å². The number of hydrogen-bond acceptors (Lipinski definition) is 7. The van der Waals surface area contributed by atoms with Crippen molar-refractivity contribution in [2.24, 2.45) is 5.92 Å². The zero-order valence-electron chi connectivity index (χ0n) is 19.6. The molecule has 1 aliphatic carbocycles. The summed E-state index contributed by atoms with van der Waals surface area (Å²) in [6.45, 7) is 5.87. The van der Waals surface area contributed by atoms with Gasteiger partial charge >= 0.3 is 0 Å². The average molecular weight is 479 g/mol. The fourth-order valence-electron chi connectivity index (χ4n) is 4.15. The van der Waals surface area contributed by atoms with Crippen LogP contribution in [0.15, 0.2) is 36.8 Å². The van der Waals surface area contributed by atoms with E-state index < -0.39 is 0 Å². The number of nitrogens with one attached hydrogen (secondary N) is 1. The summed E-state index contributed by atoms with van der Waals surface area (Å²) in [4.78, 5) is 27.9. The van der Waals surface area contributed by atoms with Crippen molar-refractivity contribution in [3.05, 3.63) is 58.6 Å². The van der Waals surface area contributed by atoms with Gasteiger partial charge in [0.15, 0.2) is 0 Å². The fraction of sp³-hybridized carbons (Fsp3) is 0.462. The van der Waals surface area contributed by atoms with Crippen molar-refractivity contribution in [2.45, 2.75) is 51.5 Å². The summed E-state index contributed by atoms with van der Waals surface area (Å²) in [6, 6.07) is 5.43. The normalized spacial score (nSPS) is 18.9. The van der Waals surface area contributed by atoms with E-state index in [1.54, 1.807) is 23.7 Å². The Morgan fingerprint density at radius 2 is 2.06 bits per heavy atom. The molecule has 3 aromatic rings. The summed E-state index contributed by atoms with van der Waals surface area (Å²) in [6.07, 6.45) is 10.2. The summed E-state index contributed by atoms with van der Waals surface area (Å²) >= 11 is 1.72. The number of carbonyl (C=O) groups excluding carboxylic acids is 1. The number of ether oxygens (including phenoxy) is 2. The topological polar surface area (TPSA) is 86.2 Å². The lowest BCUT2D eigenvalue weighted by atomic mass is 9.85. The van der Waals surface area contributed by atoms with Crippen molar-refractivity contribution in [3.63, 3.8) is 0 Å². The third kappa shape index (κ3) is 5.28. The maximum absolute atomic E-state index is 13.2. The first-order chi connectivity index (χ1) is 16.5. The summed E-state index contributed by atoms with van der Waals surface area (Å²) in [5, 5.41) is 3.96. The largest absolute Gasteiger partial charge is 0.493 e. The van der Waals surface area contributed by atoms with Gasteiger partial charge in [-0.15, -0.1) is 11.3 Å². The Morgan fingerprint density at radius 3 is 2.76 bits per heavy atom. The van der Waals surface area contributed by atoms with E-state index >= 15 is 0 Å². The smallest absolute Gasteiger partial charge is 0.251 e. The molecule has 34 heavy (non-hydrogen) atoms.